The van der Waals surface area contributed by atoms with Crippen molar-refractivity contribution < 1.29 is 14.7 Å². The maximum atomic E-state index is 12.7. The molecule has 2 heterocycles. The number of rotatable bonds is 8. The summed E-state index contributed by atoms with van der Waals surface area (Å²) in [5.74, 6) is -0.607. The van der Waals surface area contributed by atoms with Crippen LogP contribution in [-0.4, -0.2) is 32.4 Å². The molecule has 0 spiro atoms. The van der Waals surface area contributed by atoms with Gasteiger partial charge in [-0.2, -0.15) is 0 Å². The summed E-state index contributed by atoms with van der Waals surface area (Å²) in [4.78, 5) is 29.5. The van der Waals surface area contributed by atoms with E-state index >= 15 is 0 Å². The third kappa shape index (κ3) is 4.92. The van der Waals surface area contributed by atoms with Gasteiger partial charge in [0.15, 0.2) is 0 Å². The molecule has 0 aliphatic carbocycles. The van der Waals surface area contributed by atoms with Crippen LogP contribution in [-0.2, 0) is 10.5 Å². The average Bonchev–Trinajstić information content (AvgIpc) is 3.08. The van der Waals surface area contributed by atoms with Crippen molar-refractivity contribution in [3.63, 3.8) is 0 Å². The van der Waals surface area contributed by atoms with Crippen LogP contribution >= 0.6 is 11.8 Å². The number of nitrogens with one attached hydrogen (secondary N) is 1. The Morgan fingerprint density at radius 1 is 1.18 bits per heavy atom. The highest BCUT2D eigenvalue weighted by molar-refractivity contribution is 7.98. The number of nitrogens with zero attached hydrogens (tertiary/aromatic N) is 2. The van der Waals surface area contributed by atoms with E-state index in [1.807, 2.05) is 61.0 Å². The standard InChI is InChI=1S/C21H23N3O3S/c1-14(2)11-17(21(26)27)23-20(25)16-7-3-4-8-18(16)28-13-15-12-24-10-6-5-9-19(24)22-15/h3-10,12,14,17H,11,13H2,1-2H3,(H,23,25)(H,26,27)/t17-/m1/s1. The zero-order chi connectivity index (χ0) is 20.1. The van der Waals surface area contributed by atoms with Crippen molar-refractivity contribution in [1.29, 1.82) is 0 Å². The van der Waals surface area contributed by atoms with Crippen LogP contribution in [0.4, 0.5) is 0 Å². The molecule has 6 nitrogen and oxygen atoms in total. The van der Waals surface area contributed by atoms with E-state index in [-0.39, 0.29) is 11.8 Å². The van der Waals surface area contributed by atoms with E-state index < -0.39 is 12.0 Å². The van der Waals surface area contributed by atoms with Gasteiger partial charge in [-0.15, -0.1) is 11.8 Å². The topological polar surface area (TPSA) is 83.7 Å². The van der Waals surface area contributed by atoms with Gasteiger partial charge in [0.1, 0.15) is 11.7 Å². The maximum absolute atomic E-state index is 12.7. The van der Waals surface area contributed by atoms with E-state index in [4.69, 9.17) is 0 Å². The fourth-order valence-electron chi connectivity index (χ4n) is 2.92. The van der Waals surface area contributed by atoms with Crippen molar-refractivity contribution in [2.75, 3.05) is 0 Å². The number of carbonyl (C=O) groups excluding carboxylic acids is 1. The number of benzene rings is 1. The number of hydrogen-bond donors (Lipinski definition) is 2. The molecular formula is C21H23N3O3S. The highest BCUT2D eigenvalue weighted by Gasteiger charge is 2.23. The van der Waals surface area contributed by atoms with Crippen molar-refractivity contribution >= 4 is 29.3 Å². The SMILES string of the molecule is CC(C)C[C@@H](NC(=O)c1ccccc1SCc1cn2ccccc2n1)C(=O)O. The minimum absolute atomic E-state index is 0.168. The van der Waals surface area contributed by atoms with Crippen molar-refractivity contribution in [1.82, 2.24) is 14.7 Å². The molecule has 1 aromatic carbocycles. The van der Waals surface area contributed by atoms with Gasteiger partial charge in [0.2, 0.25) is 0 Å². The number of aliphatic carboxylic acids is 1. The summed E-state index contributed by atoms with van der Waals surface area (Å²) >= 11 is 1.51. The van der Waals surface area contributed by atoms with Gasteiger partial charge in [-0.1, -0.05) is 32.0 Å². The molecule has 0 unspecified atom stereocenters. The van der Waals surface area contributed by atoms with Crippen molar-refractivity contribution in [3.05, 3.63) is 66.1 Å². The van der Waals surface area contributed by atoms with Crippen LogP contribution < -0.4 is 5.32 Å². The fraction of sp³-hybridized carbons (Fsp3) is 0.286. The highest BCUT2D eigenvalue weighted by atomic mass is 32.2. The van der Waals surface area contributed by atoms with Gasteiger partial charge in [-0.3, -0.25) is 4.79 Å². The number of fused-ring (bicyclic) bond motifs is 1. The number of aromatic nitrogens is 2. The Morgan fingerprint density at radius 3 is 2.64 bits per heavy atom. The predicted octanol–water partition coefficient (Wildman–Crippen LogP) is 3.86. The predicted molar refractivity (Wildman–Crippen MR) is 110 cm³/mol. The van der Waals surface area contributed by atoms with Gasteiger partial charge in [-0.05, 0) is 36.6 Å². The number of carbonyl (C=O) groups is 2. The summed E-state index contributed by atoms with van der Waals surface area (Å²) < 4.78 is 1.96. The van der Waals surface area contributed by atoms with Crippen molar-refractivity contribution in [2.24, 2.45) is 5.92 Å². The fourth-order valence-corrected chi connectivity index (χ4v) is 3.85. The van der Waals surface area contributed by atoms with Gasteiger partial charge in [0.05, 0.1) is 11.3 Å². The molecule has 1 amide bonds. The molecule has 1 atom stereocenters. The molecule has 0 bridgehead atoms. The number of imidazole rings is 1. The Kier molecular flexibility index (Phi) is 6.36. The van der Waals surface area contributed by atoms with Crippen molar-refractivity contribution in [2.45, 2.75) is 37.0 Å². The summed E-state index contributed by atoms with van der Waals surface area (Å²) in [6.07, 6.45) is 4.30. The van der Waals surface area contributed by atoms with Gasteiger partial charge in [-0.25, -0.2) is 9.78 Å². The number of pyridine rings is 1. The molecule has 0 saturated heterocycles. The van der Waals surface area contributed by atoms with Crippen LogP contribution in [0.5, 0.6) is 0 Å². The zero-order valence-electron chi connectivity index (χ0n) is 15.8. The average molecular weight is 398 g/mol. The Balaban J connectivity index is 1.72. The Morgan fingerprint density at radius 2 is 1.93 bits per heavy atom. The van der Waals surface area contributed by atoms with E-state index in [9.17, 15) is 14.7 Å². The van der Waals surface area contributed by atoms with Crippen LogP contribution in [0.1, 0.15) is 36.3 Å². The Bertz CT molecular complexity index is 951. The van der Waals surface area contributed by atoms with Gasteiger partial charge in [0.25, 0.3) is 5.91 Å². The molecule has 0 saturated carbocycles. The molecule has 7 heteroatoms. The smallest absolute Gasteiger partial charge is 0.326 e. The Labute approximate surface area is 168 Å². The van der Waals surface area contributed by atoms with E-state index in [1.165, 1.54) is 11.8 Å². The molecule has 2 N–H and O–H groups in total. The summed E-state index contributed by atoms with van der Waals surface area (Å²) in [5.41, 5.74) is 2.27. The lowest BCUT2D eigenvalue weighted by atomic mass is 10.0. The number of thioether (sulfide) groups is 1. The van der Waals surface area contributed by atoms with E-state index in [0.29, 0.717) is 17.7 Å². The number of carboxylic acids is 1. The molecule has 3 aromatic rings. The summed E-state index contributed by atoms with van der Waals surface area (Å²) in [6, 6.07) is 12.2. The third-order valence-electron chi connectivity index (χ3n) is 4.23. The minimum atomic E-state index is -1.02. The lowest BCUT2D eigenvalue weighted by Crippen LogP contribution is -2.41. The largest absolute Gasteiger partial charge is 0.480 e. The second-order valence-corrected chi connectivity index (χ2v) is 7.99. The van der Waals surface area contributed by atoms with E-state index in [1.54, 1.807) is 12.1 Å². The first-order chi connectivity index (χ1) is 13.4. The highest BCUT2D eigenvalue weighted by Crippen LogP contribution is 2.26. The molecule has 28 heavy (non-hydrogen) atoms. The van der Waals surface area contributed by atoms with Crippen LogP contribution in [0.2, 0.25) is 0 Å². The van der Waals surface area contributed by atoms with Crippen LogP contribution in [0.3, 0.4) is 0 Å². The first kappa shape index (κ1) is 19.9. The minimum Gasteiger partial charge on any atom is -0.480 e. The molecule has 0 aliphatic rings. The second-order valence-electron chi connectivity index (χ2n) is 6.98. The number of carboxylic acid groups (broad SMARTS) is 1. The summed E-state index contributed by atoms with van der Waals surface area (Å²) in [5, 5.41) is 12.0. The molecule has 2 aromatic heterocycles. The van der Waals surface area contributed by atoms with Crippen LogP contribution in [0, 0.1) is 5.92 Å². The molecular weight excluding hydrogens is 374 g/mol. The first-order valence-corrected chi connectivity index (χ1v) is 10.1. The monoisotopic (exact) mass is 397 g/mol. The lowest BCUT2D eigenvalue weighted by Gasteiger charge is -2.17. The molecule has 0 aliphatic heterocycles. The van der Waals surface area contributed by atoms with E-state index in [0.717, 1.165) is 16.2 Å². The van der Waals surface area contributed by atoms with Crippen LogP contribution in [0.15, 0.2) is 59.8 Å². The summed E-state index contributed by atoms with van der Waals surface area (Å²) in [7, 11) is 0. The first-order valence-electron chi connectivity index (χ1n) is 9.12. The van der Waals surface area contributed by atoms with Crippen molar-refractivity contribution in [3.8, 4) is 0 Å². The van der Waals surface area contributed by atoms with Crippen LogP contribution in [0.25, 0.3) is 5.65 Å². The number of amides is 1. The molecule has 3 rings (SSSR count). The van der Waals surface area contributed by atoms with Gasteiger partial charge >= 0.3 is 5.97 Å². The quantitative estimate of drug-likeness (QED) is 0.564. The second kappa shape index (κ2) is 8.93. The van der Waals surface area contributed by atoms with Gasteiger partial charge in [0, 0.05) is 23.0 Å². The van der Waals surface area contributed by atoms with Gasteiger partial charge < -0.3 is 14.8 Å². The maximum Gasteiger partial charge on any atom is 0.326 e. The number of hydrogen-bond acceptors (Lipinski definition) is 4. The molecule has 0 radical (unpaired) electrons. The molecule has 146 valence electrons. The normalized spacial score (nSPS) is 12.2. The third-order valence-corrected chi connectivity index (χ3v) is 5.34. The molecule has 0 fully saturated rings. The van der Waals surface area contributed by atoms with E-state index in [2.05, 4.69) is 10.3 Å². The Hall–Kier alpha value is -2.80. The lowest BCUT2D eigenvalue weighted by molar-refractivity contribution is -0.139. The zero-order valence-corrected chi connectivity index (χ0v) is 16.6. The summed E-state index contributed by atoms with van der Waals surface area (Å²) in [6.45, 7) is 3.86.